The Balaban J connectivity index is 1.65. The minimum absolute atomic E-state index is 0.193. The molecule has 2 aliphatic heterocycles. The summed E-state index contributed by atoms with van der Waals surface area (Å²) in [4.78, 5) is 0. The lowest BCUT2D eigenvalue weighted by molar-refractivity contribution is -0.0655. The summed E-state index contributed by atoms with van der Waals surface area (Å²) < 4.78 is 18.1. The van der Waals surface area contributed by atoms with Crippen molar-refractivity contribution in [1.82, 2.24) is 0 Å². The second-order valence-electron chi connectivity index (χ2n) is 7.24. The number of fused-ring (bicyclic) bond motifs is 4. The Hall–Kier alpha value is -2.04. The Kier molecular flexibility index (Phi) is 4.88. The normalized spacial score (nSPS) is 23.5. The maximum absolute atomic E-state index is 9.32. The SMILES string of the molecule is COc1cc2c(cc1OCc1ccccc1)[C@@]1(CCCO)CC[C@@H](C2)O1. The Bertz CT molecular complexity index is 758. The predicted octanol–water partition coefficient (Wildman–Crippen LogP) is 3.98. The molecule has 0 spiro atoms. The van der Waals surface area contributed by atoms with Crippen molar-refractivity contribution in [2.75, 3.05) is 13.7 Å². The first-order valence-electron chi connectivity index (χ1n) is 9.41. The van der Waals surface area contributed by atoms with E-state index < -0.39 is 0 Å². The Morgan fingerprint density at radius 1 is 1.19 bits per heavy atom. The van der Waals surface area contributed by atoms with Crippen LogP contribution in [0.2, 0.25) is 0 Å². The van der Waals surface area contributed by atoms with Gasteiger partial charge in [-0.1, -0.05) is 30.3 Å². The fourth-order valence-electron chi connectivity index (χ4n) is 4.30. The zero-order valence-corrected chi connectivity index (χ0v) is 15.2. The number of aliphatic hydroxyl groups is 1. The standard InChI is InChI=1S/C22H26O4/c1-24-20-13-17-12-18-8-10-22(26-18,9-5-11-23)19(17)14-21(20)25-15-16-6-3-2-4-7-16/h2-4,6-7,13-14,18,23H,5,8-12,15H2,1H3/t18-,22+/m0/s1. The number of methoxy groups -OCH3 is 1. The third-order valence-corrected chi connectivity index (χ3v) is 5.57. The van der Waals surface area contributed by atoms with Crippen LogP contribution in [0, 0.1) is 0 Å². The molecule has 1 saturated heterocycles. The second-order valence-corrected chi connectivity index (χ2v) is 7.24. The van der Waals surface area contributed by atoms with Crippen LogP contribution in [0.25, 0.3) is 0 Å². The van der Waals surface area contributed by atoms with Gasteiger partial charge in [-0.25, -0.2) is 0 Å². The molecule has 138 valence electrons. The molecule has 26 heavy (non-hydrogen) atoms. The summed E-state index contributed by atoms with van der Waals surface area (Å²) in [5, 5.41) is 9.32. The molecule has 2 atom stereocenters. The van der Waals surface area contributed by atoms with Crippen molar-refractivity contribution in [3.05, 3.63) is 59.2 Å². The van der Waals surface area contributed by atoms with Crippen LogP contribution in [0.15, 0.2) is 42.5 Å². The van der Waals surface area contributed by atoms with Gasteiger partial charge in [0.15, 0.2) is 11.5 Å². The molecule has 2 heterocycles. The minimum Gasteiger partial charge on any atom is -0.493 e. The largest absolute Gasteiger partial charge is 0.493 e. The molecule has 4 nitrogen and oxygen atoms in total. The van der Waals surface area contributed by atoms with Crippen molar-refractivity contribution in [2.45, 2.75) is 50.4 Å². The number of rotatable bonds is 7. The lowest BCUT2D eigenvalue weighted by Gasteiger charge is -2.36. The highest BCUT2D eigenvalue weighted by Crippen LogP contribution is 2.51. The summed E-state index contributed by atoms with van der Waals surface area (Å²) >= 11 is 0. The smallest absolute Gasteiger partial charge is 0.162 e. The van der Waals surface area contributed by atoms with Gasteiger partial charge in [-0.3, -0.25) is 0 Å². The summed E-state index contributed by atoms with van der Waals surface area (Å²) in [6, 6.07) is 14.4. The zero-order valence-electron chi connectivity index (χ0n) is 15.2. The van der Waals surface area contributed by atoms with Crippen molar-refractivity contribution in [1.29, 1.82) is 0 Å². The van der Waals surface area contributed by atoms with Crippen LogP contribution in [0.4, 0.5) is 0 Å². The van der Waals surface area contributed by atoms with E-state index in [1.54, 1.807) is 7.11 Å². The van der Waals surface area contributed by atoms with Crippen LogP contribution in [0.1, 0.15) is 42.4 Å². The fraction of sp³-hybridized carbons (Fsp3) is 0.455. The van der Waals surface area contributed by atoms with E-state index in [9.17, 15) is 5.11 Å². The highest BCUT2D eigenvalue weighted by molar-refractivity contribution is 5.51. The van der Waals surface area contributed by atoms with E-state index in [2.05, 4.69) is 24.3 Å². The summed E-state index contributed by atoms with van der Waals surface area (Å²) in [6.07, 6.45) is 4.88. The fourth-order valence-corrected chi connectivity index (χ4v) is 4.30. The van der Waals surface area contributed by atoms with E-state index in [1.165, 1.54) is 11.1 Å². The number of hydrogen-bond donors (Lipinski definition) is 1. The molecule has 4 rings (SSSR count). The maximum atomic E-state index is 9.32. The van der Waals surface area contributed by atoms with Gasteiger partial charge in [0.1, 0.15) is 6.61 Å². The molecule has 4 heteroatoms. The second kappa shape index (κ2) is 7.29. The Labute approximate surface area is 154 Å². The van der Waals surface area contributed by atoms with Crippen LogP contribution >= 0.6 is 0 Å². The van der Waals surface area contributed by atoms with E-state index in [4.69, 9.17) is 14.2 Å². The molecule has 1 fully saturated rings. The molecule has 2 aliphatic rings. The summed E-state index contributed by atoms with van der Waals surface area (Å²) in [5.74, 6) is 1.53. The van der Waals surface area contributed by atoms with Gasteiger partial charge in [0.25, 0.3) is 0 Å². The molecular weight excluding hydrogens is 328 g/mol. The topological polar surface area (TPSA) is 47.9 Å². The summed E-state index contributed by atoms with van der Waals surface area (Å²) in [7, 11) is 1.69. The van der Waals surface area contributed by atoms with E-state index in [0.717, 1.165) is 49.2 Å². The van der Waals surface area contributed by atoms with E-state index >= 15 is 0 Å². The molecule has 0 aliphatic carbocycles. The van der Waals surface area contributed by atoms with Gasteiger partial charge in [-0.05, 0) is 60.9 Å². The van der Waals surface area contributed by atoms with Crippen LogP contribution in [0.5, 0.6) is 11.5 Å². The van der Waals surface area contributed by atoms with Gasteiger partial charge in [0, 0.05) is 6.61 Å². The summed E-state index contributed by atoms with van der Waals surface area (Å²) in [6.45, 7) is 0.696. The monoisotopic (exact) mass is 354 g/mol. The average Bonchev–Trinajstić information content (AvgIpc) is 3.03. The third-order valence-electron chi connectivity index (χ3n) is 5.57. The van der Waals surface area contributed by atoms with Crippen LogP contribution in [-0.2, 0) is 23.4 Å². The lowest BCUT2D eigenvalue weighted by atomic mass is 9.83. The molecule has 0 unspecified atom stereocenters. The van der Waals surface area contributed by atoms with E-state index in [1.807, 2.05) is 18.2 Å². The first-order chi connectivity index (χ1) is 12.7. The molecular formula is C22H26O4. The van der Waals surface area contributed by atoms with E-state index in [-0.39, 0.29) is 18.3 Å². The van der Waals surface area contributed by atoms with Gasteiger partial charge < -0.3 is 19.3 Å². The molecule has 0 saturated carbocycles. The third kappa shape index (κ3) is 3.19. The van der Waals surface area contributed by atoms with Crippen molar-refractivity contribution in [3.63, 3.8) is 0 Å². The molecule has 0 radical (unpaired) electrons. The molecule has 2 bridgehead atoms. The first kappa shape index (κ1) is 17.4. The van der Waals surface area contributed by atoms with Crippen LogP contribution in [0.3, 0.4) is 0 Å². The molecule has 2 aromatic carbocycles. The first-order valence-corrected chi connectivity index (χ1v) is 9.41. The molecule has 0 amide bonds. The predicted molar refractivity (Wildman–Crippen MR) is 99.6 cm³/mol. The van der Waals surface area contributed by atoms with Gasteiger partial charge in [0.05, 0.1) is 18.8 Å². The highest BCUT2D eigenvalue weighted by atomic mass is 16.5. The molecule has 2 aromatic rings. The number of aliphatic hydroxyl groups excluding tert-OH is 1. The van der Waals surface area contributed by atoms with E-state index in [0.29, 0.717) is 6.61 Å². The van der Waals surface area contributed by atoms with Crippen molar-refractivity contribution >= 4 is 0 Å². The van der Waals surface area contributed by atoms with Gasteiger partial charge >= 0.3 is 0 Å². The quantitative estimate of drug-likeness (QED) is 0.817. The van der Waals surface area contributed by atoms with Crippen molar-refractivity contribution in [2.24, 2.45) is 0 Å². The number of benzene rings is 2. The van der Waals surface area contributed by atoms with Crippen LogP contribution < -0.4 is 9.47 Å². The van der Waals surface area contributed by atoms with Crippen molar-refractivity contribution in [3.8, 4) is 11.5 Å². The van der Waals surface area contributed by atoms with Gasteiger partial charge in [-0.15, -0.1) is 0 Å². The minimum atomic E-state index is -0.280. The van der Waals surface area contributed by atoms with Gasteiger partial charge in [-0.2, -0.15) is 0 Å². The number of hydrogen-bond acceptors (Lipinski definition) is 4. The average molecular weight is 354 g/mol. The maximum Gasteiger partial charge on any atom is 0.162 e. The Morgan fingerprint density at radius 2 is 2.04 bits per heavy atom. The molecule has 1 N–H and O–H groups in total. The lowest BCUT2D eigenvalue weighted by Crippen LogP contribution is -2.33. The van der Waals surface area contributed by atoms with Gasteiger partial charge in [0.2, 0.25) is 0 Å². The summed E-state index contributed by atoms with van der Waals surface area (Å²) in [5.41, 5.74) is 3.35. The highest BCUT2D eigenvalue weighted by Gasteiger charge is 2.46. The molecule has 0 aromatic heterocycles. The Morgan fingerprint density at radius 3 is 2.81 bits per heavy atom. The van der Waals surface area contributed by atoms with Crippen LogP contribution in [-0.4, -0.2) is 24.9 Å². The van der Waals surface area contributed by atoms with Crippen molar-refractivity contribution < 1.29 is 19.3 Å². The number of ether oxygens (including phenoxy) is 3. The zero-order chi connectivity index (χ0) is 18.0.